The zero-order chi connectivity index (χ0) is 16.2. The molecule has 1 heterocycles. The Bertz CT molecular complexity index is 411. The largest absolute Gasteiger partial charge is 0.480 e. The number of aliphatic carboxylic acids is 1. The van der Waals surface area contributed by atoms with Gasteiger partial charge in [-0.25, -0.2) is 4.79 Å². The van der Waals surface area contributed by atoms with Crippen LogP contribution in [0, 0.1) is 5.92 Å². The summed E-state index contributed by atoms with van der Waals surface area (Å²) in [5.41, 5.74) is 5.52. The van der Waals surface area contributed by atoms with E-state index in [0.29, 0.717) is 25.8 Å². The Labute approximate surface area is 124 Å². The minimum atomic E-state index is -0.998. The van der Waals surface area contributed by atoms with Gasteiger partial charge in [-0.1, -0.05) is 20.3 Å². The van der Waals surface area contributed by atoms with E-state index in [-0.39, 0.29) is 11.8 Å². The number of hydrogen-bond acceptors (Lipinski definition) is 4. The Morgan fingerprint density at radius 1 is 1.38 bits per heavy atom. The maximum Gasteiger partial charge on any atom is 0.326 e. The van der Waals surface area contributed by atoms with E-state index >= 15 is 0 Å². The first-order chi connectivity index (χ1) is 9.79. The van der Waals surface area contributed by atoms with E-state index < -0.39 is 30.0 Å². The quantitative estimate of drug-likeness (QED) is 0.636. The van der Waals surface area contributed by atoms with Crippen molar-refractivity contribution in [2.45, 2.75) is 58.2 Å². The summed E-state index contributed by atoms with van der Waals surface area (Å²) in [6.45, 7) is 5.73. The molecule has 0 aromatic rings. The lowest BCUT2D eigenvalue weighted by Crippen LogP contribution is -2.56. The van der Waals surface area contributed by atoms with Crippen molar-refractivity contribution in [2.24, 2.45) is 11.7 Å². The third kappa shape index (κ3) is 4.17. The van der Waals surface area contributed by atoms with E-state index in [0.717, 1.165) is 0 Å². The maximum atomic E-state index is 12.6. The molecule has 7 nitrogen and oxygen atoms in total. The number of amides is 2. The predicted octanol–water partition coefficient (Wildman–Crippen LogP) is -0.0599. The van der Waals surface area contributed by atoms with Gasteiger partial charge in [0.25, 0.3) is 0 Å². The average molecular weight is 299 g/mol. The van der Waals surface area contributed by atoms with Crippen LogP contribution in [0.5, 0.6) is 0 Å². The first-order valence-corrected chi connectivity index (χ1v) is 7.38. The van der Waals surface area contributed by atoms with Gasteiger partial charge in [0.2, 0.25) is 11.8 Å². The Hall–Kier alpha value is -1.63. The van der Waals surface area contributed by atoms with Crippen molar-refractivity contribution in [1.29, 1.82) is 0 Å². The molecule has 21 heavy (non-hydrogen) atoms. The highest BCUT2D eigenvalue weighted by atomic mass is 16.4. The zero-order valence-electron chi connectivity index (χ0n) is 12.8. The Kier molecular flexibility index (Phi) is 6.14. The van der Waals surface area contributed by atoms with Crippen LogP contribution in [0.15, 0.2) is 0 Å². The molecule has 0 saturated carbocycles. The molecule has 0 aliphatic carbocycles. The van der Waals surface area contributed by atoms with Gasteiger partial charge in [-0.15, -0.1) is 0 Å². The van der Waals surface area contributed by atoms with Crippen LogP contribution in [-0.4, -0.2) is 52.5 Å². The fraction of sp³-hybridized carbons (Fsp3) is 0.786. The molecule has 120 valence electrons. The van der Waals surface area contributed by atoms with Gasteiger partial charge >= 0.3 is 5.97 Å². The molecule has 2 amide bonds. The van der Waals surface area contributed by atoms with Gasteiger partial charge in [0.05, 0.1) is 6.04 Å². The highest BCUT2D eigenvalue weighted by Gasteiger charge is 2.39. The molecule has 1 fully saturated rings. The normalized spacial score (nSPS) is 22.5. The van der Waals surface area contributed by atoms with Crippen LogP contribution in [0.1, 0.15) is 40.0 Å². The van der Waals surface area contributed by atoms with Gasteiger partial charge in [0, 0.05) is 6.54 Å². The van der Waals surface area contributed by atoms with Crippen LogP contribution in [0.3, 0.4) is 0 Å². The lowest BCUT2D eigenvalue weighted by molar-refractivity contribution is -0.150. The van der Waals surface area contributed by atoms with Crippen molar-refractivity contribution in [3.8, 4) is 0 Å². The van der Waals surface area contributed by atoms with Crippen LogP contribution in [0.2, 0.25) is 0 Å². The molecule has 4 atom stereocenters. The number of likely N-dealkylation sites (tertiary alicyclic amines) is 1. The van der Waals surface area contributed by atoms with Crippen LogP contribution < -0.4 is 11.1 Å². The highest BCUT2D eigenvalue weighted by molar-refractivity contribution is 5.92. The molecule has 0 aromatic heterocycles. The number of nitrogens with zero attached hydrogens (tertiary/aromatic N) is 1. The van der Waals surface area contributed by atoms with E-state index in [1.165, 1.54) is 4.90 Å². The fourth-order valence-corrected chi connectivity index (χ4v) is 2.43. The van der Waals surface area contributed by atoms with Gasteiger partial charge in [-0.3, -0.25) is 9.59 Å². The molecule has 0 radical (unpaired) electrons. The average Bonchev–Trinajstić information content (AvgIpc) is 2.92. The van der Waals surface area contributed by atoms with Crippen molar-refractivity contribution in [3.63, 3.8) is 0 Å². The number of rotatable bonds is 6. The van der Waals surface area contributed by atoms with E-state index in [9.17, 15) is 19.5 Å². The lowest BCUT2D eigenvalue weighted by atomic mass is 9.97. The number of nitrogens with two attached hydrogens (primary N) is 1. The number of carboxylic acids is 1. The minimum Gasteiger partial charge on any atom is -0.480 e. The molecule has 1 aliphatic rings. The Balaban J connectivity index is 2.89. The zero-order valence-corrected chi connectivity index (χ0v) is 12.8. The van der Waals surface area contributed by atoms with Crippen molar-refractivity contribution in [3.05, 3.63) is 0 Å². The van der Waals surface area contributed by atoms with Gasteiger partial charge < -0.3 is 21.1 Å². The standard InChI is InChI=1S/C14H25N3O4/c1-4-8(2)11(16-12(18)9(3)15)13(19)17-7-5-6-10(17)14(20)21/h8-11H,4-7,15H2,1-3H3,(H,16,18)(H,20,21). The summed E-state index contributed by atoms with van der Waals surface area (Å²) < 4.78 is 0. The summed E-state index contributed by atoms with van der Waals surface area (Å²) in [6.07, 6.45) is 1.81. The highest BCUT2D eigenvalue weighted by Crippen LogP contribution is 2.21. The van der Waals surface area contributed by atoms with Crippen LogP contribution >= 0.6 is 0 Å². The van der Waals surface area contributed by atoms with Crippen molar-refractivity contribution in [2.75, 3.05) is 6.54 Å². The van der Waals surface area contributed by atoms with Gasteiger partial charge in [-0.05, 0) is 25.7 Å². The summed E-state index contributed by atoms with van der Waals surface area (Å²) in [6, 6.07) is -2.23. The van der Waals surface area contributed by atoms with Crippen molar-refractivity contribution >= 4 is 17.8 Å². The molecule has 4 unspecified atom stereocenters. The van der Waals surface area contributed by atoms with Crippen molar-refractivity contribution < 1.29 is 19.5 Å². The van der Waals surface area contributed by atoms with Crippen LogP contribution in [-0.2, 0) is 14.4 Å². The number of carbonyl (C=O) groups excluding carboxylic acids is 2. The third-order valence-electron chi connectivity index (χ3n) is 4.01. The second-order valence-electron chi connectivity index (χ2n) is 5.69. The Morgan fingerprint density at radius 2 is 2.00 bits per heavy atom. The fourth-order valence-electron chi connectivity index (χ4n) is 2.43. The van der Waals surface area contributed by atoms with E-state index in [4.69, 9.17) is 5.73 Å². The predicted molar refractivity (Wildman–Crippen MR) is 77.4 cm³/mol. The monoisotopic (exact) mass is 299 g/mol. The van der Waals surface area contributed by atoms with Gasteiger partial charge in [-0.2, -0.15) is 0 Å². The number of nitrogens with one attached hydrogen (secondary N) is 1. The van der Waals surface area contributed by atoms with E-state index in [2.05, 4.69) is 5.32 Å². The molecule has 4 N–H and O–H groups in total. The molecular weight excluding hydrogens is 274 g/mol. The molecule has 0 bridgehead atoms. The topological polar surface area (TPSA) is 113 Å². The number of carboxylic acid groups (broad SMARTS) is 1. The molecule has 1 saturated heterocycles. The van der Waals surface area contributed by atoms with E-state index in [1.54, 1.807) is 6.92 Å². The number of hydrogen-bond donors (Lipinski definition) is 3. The SMILES string of the molecule is CCC(C)C(NC(=O)C(C)N)C(=O)N1CCCC1C(=O)O. The smallest absolute Gasteiger partial charge is 0.326 e. The summed E-state index contributed by atoms with van der Waals surface area (Å²) in [4.78, 5) is 37.0. The third-order valence-corrected chi connectivity index (χ3v) is 4.01. The molecule has 7 heteroatoms. The van der Waals surface area contributed by atoms with Gasteiger partial charge in [0.15, 0.2) is 0 Å². The molecule has 0 aromatic carbocycles. The van der Waals surface area contributed by atoms with Gasteiger partial charge in [0.1, 0.15) is 12.1 Å². The molecular formula is C14H25N3O4. The molecule has 0 spiro atoms. The van der Waals surface area contributed by atoms with Crippen LogP contribution in [0.4, 0.5) is 0 Å². The minimum absolute atomic E-state index is 0.0877. The first kappa shape index (κ1) is 17.4. The molecule has 1 rings (SSSR count). The summed E-state index contributed by atoms with van der Waals surface area (Å²) in [7, 11) is 0. The lowest BCUT2D eigenvalue weighted by Gasteiger charge is -2.30. The molecule has 1 aliphatic heterocycles. The summed E-state index contributed by atoms with van der Waals surface area (Å²) in [5.74, 6) is -1.82. The van der Waals surface area contributed by atoms with Crippen LogP contribution in [0.25, 0.3) is 0 Å². The second kappa shape index (κ2) is 7.40. The van der Waals surface area contributed by atoms with Crippen molar-refractivity contribution in [1.82, 2.24) is 10.2 Å². The number of carbonyl (C=O) groups is 3. The Morgan fingerprint density at radius 3 is 2.48 bits per heavy atom. The maximum absolute atomic E-state index is 12.6. The summed E-state index contributed by atoms with van der Waals surface area (Å²) in [5, 5.41) is 11.8. The van der Waals surface area contributed by atoms with E-state index in [1.807, 2.05) is 13.8 Å². The summed E-state index contributed by atoms with van der Waals surface area (Å²) >= 11 is 0. The first-order valence-electron chi connectivity index (χ1n) is 7.38. The second-order valence-corrected chi connectivity index (χ2v) is 5.69.